The smallest absolute Gasteiger partial charge is 0.226 e. The number of benzene rings is 1. The molecule has 0 fully saturated rings. The number of amides is 1. The Kier molecular flexibility index (Phi) is 5.42. The lowest BCUT2D eigenvalue weighted by molar-refractivity contribution is -0.120. The van der Waals surface area contributed by atoms with Crippen LogP contribution in [0.25, 0.3) is 17.0 Å². The maximum Gasteiger partial charge on any atom is 0.226 e. The lowest BCUT2D eigenvalue weighted by atomic mass is 10.1. The van der Waals surface area contributed by atoms with Gasteiger partial charge in [0.25, 0.3) is 0 Å². The third-order valence-corrected chi connectivity index (χ3v) is 5.01. The van der Waals surface area contributed by atoms with Crippen LogP contribution in [0.5, 0.6) is 0 Å². The van der Waals surface area contributed by atoms with E-state index < -0.39 is 0 Å². The van der Waals surface area contributed by atoms with Gasteiger partial charge in [-0.2, -0.15) is 0 Å². The molecular formula is C23H24N4O2. The summed E-state index contributed by atoms with van der Waals surface area (Å²) < 4.78 is 7.87. The van der Waals surface area contributed by atoms with Crippen molar-refractivity contribution < 1.29 is 9.21 Å². The van der Waals surface area contributed by atoms with Crippen molar-refractivity contribution in [3.63, 3.8) is 0 Å². The number of rotatable bonds is 7. The summed E-state index contributed by atoms with van der Waals surface area (Å²) in [4.78, 5) is 21.3. The fourth-order valence-electron chi connectivity index (χ4n) is 3.39. The zero-order valence-electron chi connectivity index (χ0n) is 16.7. The Balaban J connectivity index is 1.30. The highest BCUT2D eigenvalue weighted by molar-refractivity contribution is 5.78. The molecule has 4 aromatic rings. The fraction of sp³-hybridized carbons (Fsp3) is 0.261. The van der Waals surface area contributed by atoms with E-state index >= 15 is 0 Å². The van der Waals surface area contributed by atoms with Crippen LogP contribution in [0, 0.1) is 13.8 Å². The summed E-state index contributed by atoms with van der Waals surface area (Å²) >= 11 is 0. The summed E-state index contributed by atoms with van der Waals surface area (Å²) in [6.07, 6.45) is 5.72. The molecule has 0 saturated carbocycles. The molecule has 0 saturated heterocycles. The molecule has 29 heavy (non-hydrogen) atoms. The molecule has 6 heteroatoms. The molecule has 3 aromatic heterocycles. The number of carbonyl (C=O) groups excluding carboxylic acids is 1. The second-order valence-electron chi connectivity index (χ2n) is 7.14. The number of aromatic nitrogens is 3. The minimum absolute atomic E-state index is 0.0503. The van der Waals surface area contributed by atoms with E-state index in [-0.39, 0.29) is 12.3 Å². The monoisotopic (exact) mass is 388 g/mol. The lowest BCUT2D eigenvalue weighted by Gasteiger charge is -2.04. The number of hydrogen-bond acceptors (Lipinski definition) is 4. The van der Waals surface area contributed by atoms with Crippen molar-refractivity contribution in [2.45, 2.75) is 33.1 Å². The summed E-state index contributed by atoms with van der Waals surface area (Å²) in [5, 5.41) is 2.97. The predicted octanol–water partition coefficient (Wildman–Crippen LogP) is 3.90. The first-order chi connectivity index (χ1) is 14.1. The number of oxazole rings is 1. The zero-order valence-corrected chi connectivity index (χ0v) is 16.7. The highest BCUT2D eigenvalue weighted by Crippen LogP contribution is 2.24. The zero-order chi connectivity index (χ0) is 20.2. The third-order valence-electron chi connectivity index (χ3n) is 5.01. The number of nitrogens with one attached hydrogen (secondary N) is 1. The minimum atomic E-state index is -0.0503. The summed E-state index contributed by atoms with van der Waals surface area (Å²) in [6.45, 7) is 4.47. The molecular weight excluding hydrogens is 364 g/mol. The van der Waals surface area contributed by atoms with Gasteiger partial charge in [-0.1, -0.05) is 24.3 Å². The van der Waals surface area contributed by atoms with E-state index in [9.17, 15) is 4.79 Å². The van der Waals surface area contributed by atoms with Crippen LogP contribution in [0.2, 0.25) is 0 Å². The topological polar surface area (TPSA) is 72.4 Å². The summed E-state index contributed by atoms with van der Waals surface area (Å²) in [6, 6.07) is 14.0. The van der Waals surface area contributed by atoms with Gasteiger partial charge >= 0.3 is 0 Å². The van der Waals surface area contributed by atoms with E-state index in [2.05, 4.69) is 19.7 Å². The number of imidazole rings is 1. The molecule has 0 bridgehead atoms. The van der Waals surface area contributed by atoms with Crippen molar-refractivity contribution in [1.29, 1.82) is 0 Å². The van der Waals surface area contributed by atoms with Gasteiger partial charge in [0, 0.05) is 24.7 Å². The number of fused-ring (bicyclic) bond motifs is 1. The average molecular weight is 388 g/mol. The standard InChI is InChI=1S/C23H24N4O2/c1-16-8-3-4-10-19(16)23-26-20(17(2)29-23)14-22(28)24-12-7-11-21-25-15-18-9-5-6-13-27(18)21/h3-6,8-10,13,15H,7,11-12,14H2,1-2H3,(H,24,28). The third kappa shape index (κ3) is 4.21. The Morgan fingerprint density at radius 2 is 1.97 bits per heavy atom. The minimum Gasteiger partial charge on any atom is -0.441 e. The van der Waals surface area contributed by atoms with Gasteiger partial charge in [0.15, 0.2) is 0 Å². The summed E-state index contributed by atoms with van der Waals surface area (Å²) in [7, 11) is 0. The highest BCUT2D eigenvalue weighted by Gasteiger charge is 2.15. The molecule has 0 aliphatic rings. The molecule has 6 nitrogen and oxygen atoms in total. The van der Waals surface area contributed by atoms with E-state index in [1.807, 2.05) is 68.7 Å². The van der Waals surface area contributed by atoms with Gasteiger partial charge in [0.2, 0.25) is 11.8 Å². The van der Waals surface area contributed by atoms with E-state index in [4.69, 9.17) is 4.42 Å². The SMILES string of the molecule is Cc1ccccc1-c1nc(CC(=O)NCCCc2ncc3ccccn23)c(C)o1. The van der Waals surface area contributed by atoms with Gasteiger partial charge < -0.3 is 14.1 Å². The van der Waals surface area contributed by atoms with Crippen LogP contribution in [-0.4, -0.2) is 26.8 Å². The van der Waals surface area contributed by atoms with E-state index in [1.165, 1.54) is 0 Å². The number of pyridine rings is 1. The predicted molar refractivity (Wildman–Crippen MR) is 112 cm³/mol. The van der Waals surface area contributed by atoms with Crippen molar-refractivity contribution in [3.8, 4) is 11.5 Å². The van der Waals surface area contributed by atoms with Gasteiger partial charge in [-0.15, -0.1) is 0 Å². The Morgan fingerprint density at radius 3 is 2.83 bits per heavy atom. The molecule has 0 radical (unpaired) electrons. The number of aryl methyl sites for hydroxylation is 3. The first kappa shape index (κ1) is 18.9. The van der Waals surface area contributed by atoms with E-state index in [0.29, 0.717) is 23.9 Å². The van der Waals surface area contributed by atoms with Gasteiger partial charge in [-0.25, -0.2) is 9.97 Å². The number of hydrogen-bond donors (Lipinski definition) is 1. The largest absolute Gasteiger partial charge is 0.441 e. The lowest BCUT2D eigenvalue weighted by Crippen LogP contribution is -2.26. The first-order valence-electron chi connectivity index (χ1n) is 9.82. The maximum atomic E-state index is 12.3. The van der Waals surface area contributed by atoms with Crippen LogP contribution in [-0.2, 0) is 17.6 Å². The van der Waals surface area contributed by atoms with Crippen molar-refractivity contribution in [1.82, 2.24) is 19.7 Å². The van der Waals surface area contributed by atoms with Crippen LogP contribution >= 0.6 is 0 Å². The normalized spacial score (nSPS) is 11.1. The Labute approximate surface area is 169 Å². The van der Waals surface area contributed by atoms with Crippen LogP contribution < -0.4 is 5.32 Å². The molecule has 1 aromatic carbocycles. The van der Waals surface area contributed by atoms with E-state index in [0.717, 1.165) is 35.3 Å². The molecule has 148 valence electrons. The molecule has 0 aliphatic carbocycles. The average Bonchev–Trinajstić information content (AvgIpc) is 3.29. The Bertz CT molecular complexity index is 1140. The van der Waals surface area contributed by atoms with Gasteiger partial charge in [-0.05, 0) is 44.0 Å². The Morgan fingerprint density at radius 1 is 1.14 bits per heavy atom. The summed E-state index contributed by atoms with van der Waals surface area (Å²) in [5.41, 5.74) is 3.81. The van der Waals surface area contributed by atoms with Crippen LogP contribution in [0.3, 0.4) is 0 Å². The quantitative estimate of drug-likeness (QED) is 0.488. The van der Waals surface area contributed by atoms with Crippen LogP contribution in [0.4, 0.5) is 0 Å². The molecule has 0 spiro atoms. The molecule has 4 rings (SSSR count). The molecule has 0 unspecified atom stereocenters. The molecule has 0 atom stereocenters. The van der Waals surface area contributed by atoms with Gasteiger partial charge in [0.05, 0.1) is 23.8 Å². The van der Waals surface area contributed by atoms with Crippen molar-refractivity contribution in [3.05, 3.63) is 77.7 Å². The highest BCUT2D eigenvalue weighted by atomic mass is 16.4. The second kappa shape index (κ2) is 8.31. The second-order valence-corrected chi connectivity index (χ2v) is 7.14. The van der Waals surface area contributed by atoms with Crippen molar-refractivity contribution >= 4 is 11.4 Å². The number of nitrogens with zero attached hydrogens (tertiary/aromatic N) is 3. The first-order valence-corrected chi connectivity index (χ1v) is 9.82. The molecule has 1 amide bonds. The van der Waals surface area contributed by atoms with Gasteiger partial charge in [-0.3, -0.25) is 4.79 Å². The van der Waals surface area contributed by atoms with Crippen molar-refractivity contribution in [2.24, 2.45) is 0 Å². The number of carbonyl (C=O) groups is 1. The molecule has 1 N–H and O–H groups in total. The van der Waals surface area contributed by atoms with Crippen molar-refractivity contribution in [2.75, 3.05) is 6.54 Å². The molecule has 0 aliphatic heterocycles. The maximum absolute atomic E-state index is 12.3. The van der Waals surface area contributed by atoms with Crippen LogP contribution in [0.15, 0.2) is 59.3 Å². The van der Waals surface area contributed by atoms with E-state index in [1.54, 1.807) is 0 Å². The summed E-state index contributed by atoms with van der Waals surface area (Å²) in [5.74, 6) is 2.20. The molecule has 3 heterocycles. The van der Waals surface area contributed by atoms with Crippen LogP contribution in [0.1, 0.15) is 29.3 Å². The Hall–Kier alpha value is -3.41. The fourth-order valence-corrected chi connectivity index (χ4v) is 3.39. The van der Waals surface area contributed by atoms with Gasteiger partial charge in [0.1, 0.15) is 11.6 Å².